The third kappa shape index (κ3) is 5.88. The molecule has 0 aromatic heterocycles. The maximum absolute atomic E-state index is 12.1. The van der Waals surface area contributed by atoms with Gasteiger partial charge in [0, 0.05) is 6.61 Å². The molecule has 0 saturated heterocycles. The normalized spacial score (nSPS) is 17.4. The molecule has 0 saturated carbocycles. The second-order valence-electron chi connectivity index (χ2n) is 3.94. The molecule has 0 spiro atoms. The minimum absolute atomic E-state index is 0.0355. The minimum Gasteiger partial charge on any atom is -0.465 e. The highest BCUT2D eigenvalue weighted by Crippen LogP contribution is 2.22. The lowest BCUT2D eigenvalue weighted by atomic mass is 10.0. The predicted molar refractivity (Wildman–Crippen MR) is 55.3 cm³/mol. The molecular weight excluding hydrogens is 239 g/mol. The number of alkyl halides is 3. The van der Waals surface area contributed by atoms with Crippen LogP contribution in [0.25, 0.3) is 0 Å². The summed E-state index contributed by atoms with van der Waals surface area (Å²) in [4.78, 5) is 11.3. The first-order valence-corrected chi connectivity index (χ1v) is 5.25. The summed E-state index contributed by atoms with van der Waals surface area (Å²) in [6.45, 7) is 3.83. The molecule has 0 rings (SSSR count). The van der Waals surface area contributed by atoms with E-state index in [0.29, 0.717) is 0 Å². The van der Waals surface area contributed by atoms with Gasteiger partial charge in [-0.1, -0.05) is 0 Å². The molecule has 2 unspecified atom stereocenters. The molecule has 0 aliphatic carbocycles. The van der Waals surface area contributed by atoms with Gasteiger partial charge in [0.2, 0.25) is 0 Å². The third-order valence-corrected chi connectivity index (χ3v) is 2.19. The maximum atomic E-state index is 12.1. The van der Waals surface area contributed by atoms with E-state index in [9.17, 15) is 18.0 Å². The predicted octanol–water partition coefficient (Wildman–Crippen LogP) is 1.62. The highest BCUT2D eigenvalue weighted by atomic mass is 19.4. The molecule has 7 heteroatoms. The molecule has 4 nitrogen and oxygen atoms in total. The summed E-state index contributed by atoms with van der Waals surface area (Å²) >= 11 is 0. The van der Waals surface area contributed by atoms with Crippen LogP contribution in [0.3, 0.4) is 0 Å². The van der Waals surface area contributed by atoms with E-state index in [4.69, 9.17) is 5.73 Å². The molecule has 0 bridgehead atoms. The number of halogens is 3. The molecule has 2 N–H and O–H groups in total. The van der Waals surface area contributed by atoms with Crippen molar-refractivity contribution in [3.8, 4) is 0 Å². The van der Waals surface area contributed by atoms with Gasteiger partial charge < -0.3 is 15.2 Å². The third-order valence-electron chi connectivity index (χ3n) is 2.19. The summed E-state index contributed by atoms with van der Waals surface area (Å²) in [6, 6.07) is 0. The van der Waals surface area contributed by atoms with Gasteiger partial charge >= 0.3 is 12.1 Å². The van der Waals surface area contributed by atoms with E-state index in [0.717, 1.165) is 6.92 Å². The lowest BCUT2D eigenvalue weighted by Crippen LogP contribution is -2.47. The number of hydrogen-bond acceptors (Lipinski definition) is 4. The Morgan fingerprint density at radius 3 is 2.35 bits per heavy atom. The van der Waals surface area contributed by atoms with Gasteiger partial charge in [-0.25, -0.2) is 0 Å². The van der Waals surface area contributed by atoms with Crippen LogP contribution in [0.4, 0.5) is 13.2 Å². The van der Waals surface area contributed by atoms with E-state index < -0.39 is 23.8 Å². The Hall–Kier alpha value is -0.820. The second kappa shape index (κ2) is 6.20. The molecule has 0 radical (unpaired) electrons. The van der Waals surface area contributed by atoms with Crippen LogP contribution in [0.2, 0.25) is 0 Å². The molecule has 0 amide bonds. The van der Waals surface area contributed by atoms with Crippen molar-refractivity contribution >= 4 is 5.97 Å². The standard InChI is InChI=1S/C10H18F3NO3/c1-4-16-8(15)9(3,14)5-6-17-7(2)10(11,12)13/h7H,4-6,14H2,1-3H3. The first-order chi connectivity index (χ1) is 7.61. The van der Waals surface area contributed by atoms with E-state index in [1.807, 2.05) is 0 Å². The fraction of sp³-hybridized carbons (Fsp3) is 0.900. The molecular formula is C10H18F3NO3. The van der Waals surface area contributed by atoms with Crippen LogP contribution in [0.1, 0.15) is 27.2 Å². The summed E-state index contributed by atoms with van der Waals surface area (Å²) in [5.74, 6) is -0.650. The van der Waals surface area contributed by atoms with Crippen LogP contribution < -0.4 is 5.73 Å². The van der Waals surface area contributed by atoms with E-state index in [1.165, 1.54) is 6.92 Å². The maximum Gasteiger partial charge on any atom is 0.414 e. The van der Waals surface area contributed by atoms with Crippen LogP contribution >= 0.6 is 0 Å². The van der Waals surface area contributed by atoms with Crippen LogP contribution in [0.15, 0.2) is 0 Å². The highest BCUT2D eigenvalue weighted by molar-refractivity contribution is 5.79. The Labute approximate surface area is 98.2 Å². The summed E-state index contributed by atoms with van der Waals surface area (Å²) in [6.07, 6.45) is -6.32. The number of carbonyl (C=O) groups excluding carboxylic acids is 1. The quantitative estimate of drug-likeness (QED) is 0.734. The Morgan fingerprint density at radius 1 is 1.41 bits per heavy atom. The monoisotopic (exact) mass is 257 g/mol. The van der Waals surface area contributed by atoms with E-state index in [-0.39, 0.29) is 19.6 Å². The fourth-order valence-corrected chi connectivity index (χ4v) is 0.940. The second-order valence-corrected chi connectivity index (χ2v) is 3.94. The molecule has 0 aliphatic heterocycles. The number of ether oxygens (including phenoxy) is 2. The van der Waals surface area contributed by atoms with Crippen molar-refractivity contribution in [3.63, 3.8) is 0 Å². The lowest BCUT2D eigenvalue weighted by Gasteiger charge is -2.23. The van der Waals surface area contributed by atoms with Crippen molar-refractivity contribution in [2.45, 2.75) is 45.0 Å². The minimum atomic E-state index is -4.41. The zero-order valence-corrected chi connectivity index (χ0v) is 10.1. The topological polar surface area (TPSA) is 61.5 Å². The summed E-state index contributed by atoms with van der Waals surface area (Å²) < 4.78 is 45.5. The Morgan fingerprint density at radius 2 is 1.94 bits per heavy atom. The molecule has 17 heavy (non-hydrogen) atoms. The Kier molecular flexibility index (Phi) is 5.91. The fourth-order valence-electron chi connectivity index (χ4n) is 0.940. The van der Waals surface area contributed by atoms with Crippen molar-refractivity contribution in [2.75, 3.05) is 13.2 Å². The van der Waals surface area contributed by atoms with Crippen molar-refractivity contribution in [1.82, 2.24) is 0 Å². The number of nitrogens with two attached hydrogens (primary N) is 1. The van der Waals surface area contributed by atoms with Crippen molar-refractivity contribution < 1.29 is 27.4 Å². The molecule has 0 aliphatic rings. The molecule has 0 aromatic carbocycles. The van der Waals surface area contributed by atoms with E-state index in [1.54, 1.807) is 6.92 Å². The molecule has 2 atom stereocenters. The van der Waals surface area contributed by atoms with Gasteiger partial charge in [0.15, 0.2) is 6.10 Å². The number of hydrogen-bond donors (Lipinski definition) is 1. The molecule has 0 aromatic rings. The summed E-state index contributed by atoms with van der Waals surface area (Å²) in [7, 11) is 0. The average molecular weight is 257 g/mol. The number of rotatable bonds is 6. The van der Waals surface area contributed by atoms with Gasteiger partial charge in [-0.15, -0.1) is 0 Å². The van der Waals surface area contributed by atoms with Gasteiger partial charge in [-0.3, -0.25) is 4.79 Å². The average Bonchev–Trinajstić information content (AvgIpc) is 2.16. The lowest BCUT2D eigenvalue weighted by molar-refractivity contribution is -0.215. The van der Waals surface area contributed by atoms with Crippen LogP contribution in [-0.2, 0) is 14.3 Å². The van der Waals surface area contributed by atoms with Crippen molar-refractivity contribution in [1.29, 1.82) is 0 Å². The SMILES string of the molecule is CCOC(=O)C(C)(N)CCOC(C)C(F)(F)F. The number of carbonyl (C=O) groups is 1. The summed E-state index contributed by atoms with van der Waals surface area (Å²) in [5.41, 5.74) is 4.27. The van der Waals surface area contributed by atoms with Crippen molar-refractivity contribution in [2.24, 2.45) is 5.73 Å². The largest absolute Gasteiger partial charge is 0.465 e. The zero-order valence-electron chi connectivity index (χ0n) is 10.1. The van der Waals surface area contributed by atoms with Crippen LogP contribution in [0.5, 0.6) is 0 Å². The van der Waals surface area contributed by atoms with Gasteiger partial charge in [0.1, 0.15) is 5.54 Å². The van der Waals surface area contributed by atoms with Crippen LogP contribution in [-0.4, -0.2) is 37.0 Å². The Balaban J connectivity index is 4.07. The first-order valence-electron chi connectivity index (χ1n) is 5.25. The van der Waals surface area contributed by atoms with Gasteiger partial charge in [-0.05, 0) is 27.2 Å². The summed E-state index contributed by atoms with van der Waals surface area (Å²) in [5, 5.41) is 0. The zero-order chi connectivity index (χ0) is 13.7. The Bertz CT molecular complexity index is 254. The van der Waals surface area contributed by atoms with Gasteiger partial charge in [-0.2, -0.15) is 13.2 Å². The smallest absolute Gasteiger partial charge is 0.414 e. The van der Waals surface area contributed by atoms with E-state index in [2.05, 4.69) is 9.47 Å². The van der Waals surface area contributed by atoms with E-state index >= 15 is 0 Å². The number of esters is 1. The van der Waals surface area contributed by atoms with Gasteiger partial charge in [0.05, 0.1) is 6.61 Å². The van der Waals surface area contributed by atoms with Crippen LogP contribution in [0, 0.1) is 0 Å². The molecule has 102 valence electrons. The molecule has 0 fully saturated rings. The van der Waals surface area contributed by atoms with Gasteiger partial charge in [0.25, 0.3) is 0 Å². The molecule has 0 heterocycles. The highest BCUT2D eigenvalue weighted by Gasteiger charge is 2.37. The first kappa shape index (κ1) is 16.2. The van der Waals surface area contributed by atoms with Crippen molar-refractivity contribution in [3.05, 3.63) is 0 Å².